The second-order valence-electron chi connectivity index (χ2n) is 3.06. The van der Waals surface area contributed by atoms with E-state index in [1.54, 1.807) is 24.3 Å². The molecule has 0 aliphatic rings. The highest BCUT2D eigenvalue weighted by Gasteiger charge is 1.86. The quantitative estimate of drug-likeness (QED) is 0.684. The van der Waals surface area contributed by atoms with Crippen LogP contribution < -0.4 is 10.6 Å². The summed E-state index contributed by atoms with van der Waals surface area (Å²) in [5.41, 5.74) is 0. The van der Waals surface area contributed by atoms with E-state index >= 15 is 0 Å². The van der Waals surface area contributed by atoms with Crippen molar-refractivity contribution < 1.29 is 8.78 Å². The van der Waals surface area contributed by atoms with Crippen LogP contribution in [0.25, 0.3) is 0 Å². The zero-order valence-electron chi connectivity index (χ0n) is 7.82. The van der Waals surface area contributed by atoms with Crippen LogP contribution >= 0.6 is 8.58 Å². The molecule has 0 bridgehead atoms. The first kappa shape index (κ1) is 10.3. The van der Waals surface area contributed by atoms with E-state index in [2.05, 4.69) is 0 Å². The second-order valence-corrected chi connectivity index (χ2v) is 4.32. The van der Waals surface area contributed by atoms with Gasteiger partial charge in [-0.3, -0.25) is 0 Å². The molecule has 0 aliphatic heterocycles. The molecule has 0 spiro atoms. The van der Waals surface area contributed by atoms with Gasteiger partial charge in [0.25, 0.3) is 0 Å². The van der Waals surface area contributed by atoms with Gasteiger partial charge in [0, 0.05) is 0 Å². The minimum absolute atomic E-state index is 0.243. The Morgan fingerprint density at radius 3 is 1.27 bits per heavy atom. The molecule has 0 heterocycles. The van der Waals surface area contributed by atoms with Gasteiger partial charge in [0.2, 0.25) is 0 Å². The summed E-state index contributed by atoms with van der Waals surface area (Å²) in [6, 6.07) is 12.6. The fourth-order valence-corrected chi connectivity index (χ4v) is 2.07. The van der Waals surface area contributed by atoms with E-state index in [4.69, 9.17) is 0 Å². The average molecular weight is 221 g/mol. The maximum Gasteiger partial charge on any atom is 0.123 e. The van der Waals surface area contributed by atoms with Crippen molar-refractivity contribution in [2.24, 2.45) is 0 Å². The van der Waals surface area contributed by atoms with Crippen molar-refractivity contribution in [3.63, 3.8) is 0 Å². The van der Waals surface area contributed by atoms with E-state index in [-0.39, 0.29) is 11.6 Å². The van der Waals surface area contributed by atoms with Crippen molar-refractivity contribution in [2.75, 3.05) is 0 Å². The summed E-state index contributed by atoms with van der Waals surface area (Å²) in [7, 11) is 0.954. The van der Waals surface area contributed by atoms with Crippen molar-refractivity contribution in [3.8, 4) is 0 Å². The molecule has 0 saturated carbocycles. The van der Waals surface area contributed by atoms with Gasteiger partial charge in [-0.15, -0.1) is 0 Å². The standard InChI is InChI=1S/C12H8F2P/c13-9-1-5-11(6-2-9)15-12-7-3-10(14)4-8-12/h1-8H/q-1. The highest BCUT2D eigenvalue weighted by molar-refractivity contribution is 7.55. The second kappa shape index (κ2) is 4.50. The molecule has 0 radical (unpaired) electrons. The SMILES string of the molecule is Fc1ccc([P-]c2ccc(F)cc2)cc1. The third kappa shape index (κ3) is 2.84. The molecule has 3 heteroatoms. The Balaban J connectivity index is 2.15. The van der Waals surface area contributed by atoms with Gasteiger partial charge in [-0.25, -0.2) is 8.78 Å². The number of hydrogen-bond acceptors (Lipinski definition) is 0. The van der Waals surface area contributed by atoms with Gasteiger partial charge in [-0.2, -0.15) is 10.6 Å². The van der Waals surface area contributed by atoms with Gasteiger partial charge in [0.15, 0.2) is 0 Å². The predicted molar refractivity (Wildman–Crippen MR) is 59.0 cm³/mol. The first-order chi connectivity index (χ1) is 7.24. The molecule has 0 amide bonds. The van der Waals surface area contributed by atoms with Crippen molar-refractivity contribution >= 4 is 19.2 Å². The van der Waals surface area contributed by atoms with Crippen molar-refractivity contribution in [1.29, 1.82) is 0 Å². The average Bonchev–Trinajstić information content (AvgIpc) is 2.25. The Kier molecular flexibility index (Phi) is 3.08. The molecular weight excluding hydrogens is 213 g/mol. The lowest BCUT2D eigenvalue weighted by Gasteiger charge is -2.18. The summed E-state index contributed by atoms with van der Waals surface area (Å²) in [5, 5.41) is 1.98. The van der Waals surface area contributed by atoms with Crippen LogP contribution in [0.5, 0.6) is 0 Å². The molecular formula is C12H8F2P-. The van der Waals surface area contributed by atoms with Gasteiger partial charge in [0.1, 0.15) is 11.6 Å². The smallest absolute Gasteiger partial charge is 0.123 e. The third-order valence-electron chi connectivity index (χ3n) is 1.91. The molecule has 0 saturated heterocycles. The number of benzene rings is 2. The van der Waals surface area contributed by atoms with Crippen molar-refractivity contribution in [2.45, 2.75) is 0 Å². The first-order valence-corrected chi connectivity index (χ1v) is 5.36. The van der Waals surface area contributed by atoms with Crippen LogP contribution in [0.3, 0.4) is 0 Å². The van der Waals surface area contributed by atoms with Crippen molar-refractivity contribution in [3.05, 3.63) is 60.2 Å². The Labute approximate surface area is 88.7 Å². The maximum absolute atomic E-state index is 12.6. The van der Waals surface area contributed by atoms with E-state index in [1.165, 1.54) is 24.3 Å². The van der Waals surface area contributed by atoms with Crippen LogP contribution in [0.1, 0.15) is 0 Å². The van der Waals surface area contributed by atoms with Crippen LogP contribution in [0, 0.1) is 11.6 Å². The van der Waals surface area contributed by atoms with Crippen LogP contribution in [0.4, 0.5) is 8.78 Å². The summed E-state index contributed by atoms with van der Waals surface area (Å²) in [5.74, 6) is -0.485. The molecule has 0 atom stereocenters. The summed E-state index contributed by atoms with van der Waals surface area (Å²) < 4.78 is 25.3. The molecule has 0 unspecified atom stereocenters. The fourth-order valence-electron chi connectivity index (χ4n) is 1.18. The summed E-state index contributed by atoms with van der Waals surface area (Å²) in [6.45, 7) is 0. The van der Waals surface area contributed by atoms with Gasteiger partial charge in [0.05, 0.1) is 0 Å². The Bertz CT molecular complexity index is 391. The highest BCUT2D eigenvalue weighted by Crippen LogP contribution is 2.11. The first-order valence-electron chi connectivity index (χ1n) is 4.47. The molecule has 0 fully saturated rings. The molecule has 2 aromatic carbocycles. The summed E-state index contributed by atoms with van der Waals surface area (Å²) in [6.07, 6.45) is 0. The van der Waals surface area contributed by atoms with Crippen LogP contribution in [-0.2, 0) is 0 Å². The van der Waals surface area contributed by atoms with E-state index in [0.717, 1.165) is 19.2 Å². The molecule has 15 heavy (non-hydrogen) atoms. The van der Waals surface area contributed by atoms with Gasteiger partial charge < -0.3 is 8.58 Å². The van der Waals surface area contributed by atoms with Gasteiger partial charge in [-0.05, 0) is 24.3 Å². The zero-order valence-corrected chi connectivity index (χ0v) is 8.72. The lowest BCUT2D eigenvalue weighted by atomic mass is 10.3. The minimum Gasteiger partial charge on any atom is -0.472 e. The molecule has 2 aromatic rings. The monoisotopic (exact) mass is 221 g/mol. The maximum atomic E-state index is 12.6. The summed E-state index contributed by atoms with van der Waals surface area (Å²) >= 11 is 0. The van der Waals surface area contributed by atoms with Gasteiger partial charge in [-0.1, -0.05) is 24.3 Å². The van der Waals surface area contributed by atoms with E-state index in [0.29, 0.717) is 0 Å². The van der Waals surface area contributed by atoms with E-state index in [1.807, 2.05) is 0 Å². The van der Waals surface area contributed by atoms with Crippen LogP contribution in [0.15, 0.2) is 48.5 Å². The lowest BCUT2D eigenvalue weighted by Crippen LogP contribution is -2.02. The van der Waals surface area contributed by atoms with E-state index < -0.39 is 0 Å². The molecule has 0 aliphatic carbocycles. The Morgan fingerprint density at radius 1 is 0.600 bits per heavy atom. The highest BCUT2D eigenvalue weighted by atomic mass is 31.1. The fraction of sp³-hybridized carbons (Fsp3) is 0. The molecule has 76 valence electrons. The predicted octanol–water partition coefficient (Wildman–Crippen LogP) is 2.86. The Morgan fingerprint density at radius 2 is 0.933 bits per heavy atom. The lowest BCUT2D eigenvalue weighted by molar-refractivity contribution is 0.628. The molecule has 2 rings (SSSR count). The summed E-state index contributed by atoms with van der Waals surface area (Å²) in [4.78, 5) is 0. The van der Waals surface area contributed by atoms with Gasteiger partial charge >= 0.3 is 0 Å². The normalized spacial score (nSPS) is 10.3. The molecule has 0 N–H and O–H groups in total. The van der Waals surface area contributed by atoms with Crippen molar-refractivity contribution in [1.82, 2.24) is 0 Å². The van der Waals surface area contributed by atoms with Crippen LogP contribution in [-0.4, -0.2) is 0 Å². The van der Waals surface area contributed by atoms with Crippen LogP contribution in [0.2, 0.25) is 0 Å². The number of halogens is 2. The third-order valence-corrected chi connectivity index (χ3v) is 3.02. The largest absolute Gasteiger partial charge is 0.472 e. The zero-order chi connectivity index (χ0) is 10.7. The number of hydrogen-bond donors (Lipinski definition) is 0. The molecule has 0 nitrogen and oxygen atoms in total. The van der Waals surface area contributed by atoms with E-state index in [9.17, 15) is 8.78 Å². The minimum atomic E-state index is -0.243. The Hall–Kier alpha value is -1.27. The topological polar surface area (TPSA) is 0 Å². The number of rotatable bonds is 2. The molecule has 0 aromatic heterocycles.